The third-order valence-electron chi connectivity index (χ3n) is 3.48. The lowest BCUT2D eigenvalue weighted by atomic mass is 9.89. The van der Waals surface area contributed by atoms with E-state index in [0.717, 1.165) is 18.8 Å². The largest absolute Gasteiger partial charge is 0.468 e. The van der Waals surface area contributed by atoms with Gasteiger partial charge in [0, 0.05) is 6.04 Å². The van der Waals surface area contributed by atoms with Gasteiger partial charge >= 0.3 is 5.97 Å². The van der Waals surface area contributed by atoms with Gasteiger partial charge in [-0.15, -0.1) is 0 Å². The summed E-state index contributed by atoms with van der Waals surface area (Å²) in [4.78, 5) is 11.6. The van der Waals surface area contributed by atoms with Crippen molar-refractivity contribution in [2.45, 2.75) is 64.6 Å². The molecule has 1 saturated carbocycles. The Morgan fingerprint density at radius 2 is 1.89 bits per heavy atom. The highest BCUT2D eigenvalue weighted by Crippen LogP contribution is 2.25. The summed E-state index contributed by atoms with van der Waals surface area (Å²) >= 11 is 0. The van der Waals surface area contributed by atoms with Gasteiger partial charge in [-0.05, 0) is 31.6 Å². The number of carbonyl (C=O) groups is 1. The monoisotopic (exact) mass is 257 g/mol. The minimum Gasteiger partial charge on any atom is -0.468 e. The molecule has 0 amide bonds. The van der Waals surface area contributed by atoms with Gasteiger partial charge in [-0.2, -0.15) is 0 Å². The van der Waals surface area contributed by atoms with Crippen molar-refractivity contribution in [3.8, 4) is 0 Å². The van der Waals surface area contributed by atoms with Gasteiger partial charge in [-0.3, -0.25) is 4.79 Å². The normalized spacial score (nSPS) is 26.1. The average molecular weight is 257 g/mol. The standard InChI is InChI=1S/C14H27NO3/c1-10(2)15-13(14(16)17-4)9-18-12-7-5-11(3)6-8-12/h10-13,15H,5-9H2,1-4H3. The van der Waals surface area contributed by atoms with Gasteiger partial charge < -0.3 is 14.8 Å². The lowest BCUT2D eigenvalue weighted by Gasteiger charge is -2.28. The first-order valence-corrected chi connectivity index (χ1v) is 6.98. The molecule has 106 valence electrons. The van der Waals surface area contributed by atoms with Crippen LogP contribution in [0.5, 0.6) is 0 Å². The van der Waals surface area contributed by atoms with Crippen molar-refractivity contribution < 1.29 is 14.3 Å². The zero-order valence-electron chi connectivity index (χ0n) is 12.1. The molecule has 0 spiro atoms. The number of carbonyl (C=O) groups excluding carboxylic acids is 1. The first kappa shape index (κ1) is 15.4. The molecule has 0 bridgehead atoms. The number of methoxy groups -OCH3 is 1. The van der Waals surface area contributed by atoms with Crippen LogP contribution in [-0.4, -0.2) is 37.9 Å². The summed E-state index contributed by atoms with van der Waals surface area (Å²) in [5.74, 6) is 0.572. The first-order valence-electron chi connectivity index (χ1n) is 6.98. The van der Waals surface area contributed by atoms with Crippen molar-refractivity contribution in [1.29, 1.82) is 0 Å². The number of rotatable bonds is 6. The topological polar surface area (TPSA) is 47.6 Å². The Bertz CT molecular complexity index is 247. The van der Waals surface area contributed by atoms with Crippen LogP contribution in [0.15, 0.2) is 0 Å². The van der Waals surface area contributed by atoms with Crippen LogP contribution in [-0.2, 0) is 14.3 Å². The fourth-order valence-electron chi connectivity index (χ4n) is 2.36. The Balaban J connectivity index is 2.34. The van der Waals surface area contributed by atoms with E-state index in [1.165, 1.54) is 20.0 Å². The van der Waals surface area contributed by atoms with E-state index in [9.17, 15) is 4.79 Å². The molecule has 0 aliphatic heterocycles. The maximum Gasteiger partial charge on any atom is 0.325 e. The van der Waals surface area contributed by atoms with E-state index in [1.807, 2.05) is 13.8 Å². The molecule has 1 rings (SSSR count). The van der Waals surface area contributed by atoms with E-state index in [2.05, 4.69) is 12.2 Å². The molecule has 0 aromatic carbocycles. The zero-order valence-corrected chi connectivity index (χ0v) is 12.1. The summed E-state index contributed by atoms with van der Waals surface area (Å²) in [6, 6.07) is -0.113. The Morgan fingerprint density at radius 1 is 1.28 bits per heavy atom. The average Bonchev–Trinajstić information content (AvgIpc) is 2.35. The van der Waals surface area contributed by atoms with E-state index in [1.54, 1.807) is 0 Å². The second-order valence-corrected chi connectivity index (χ2v) is 5.61. The third-order valence-corrected chi connectivity index (χ3v) is 3.48. The lowest BCUT2D eigenvalue weighted by molar-refractivity contribution is -0.146. The van der Waals surface area contributed by atoms with E-state index in [4.69, 9.17) is 9.47 Å². The van der Waals surface area contributed by atoms with Gasteiger partial charge in [0.15, 0.2) is 0 Å². The van der Waals surface area contributed by atoms with Crippen LogP contribution in [0.25, 0.3) is 0 Å². The van der Waals surface area contributed by atoms with E-state index >= 15 is 0 Å². The molecule has 4 heteroatoms. The Hall–Kier alpha value is -0.610. The minimum atomic E-state index is -0.352. The summed E-state index contributed by atoms with van der Waals surface area (Å²) < 4.78 is 10.6. The zero-order chi connectivity index (χ0) is 13.5. The summed E-state index contributed by atoms with van der Waals surface area (Å²) in [7, 11) is 1.42. The predicted octanol–water partition coefficient (Wildman–Crippen LogP) is 2.12. The van der Waals surface area contributed by atoms with E-state index in [-0.39, 0.29) is 18.1 Å². The molecule has 1 fully saturated rings. The number of hydrogen-bond acceptors (Lipinski definition) is 4. The fourth-order valence-corrected chi connectivity index (χ4v) is 2.36. The molecule has 1 N–H and O–H groups in total. The maximum absolute atomic E-state index is 11.6. The van der Waals surface area contributed by atoms with Crippen LogP contribution in [0.3, 0.4) is 0 Å². The van der Waals surface area contributed by atoms with Crippen molar-refractivity contribution in [3.63, 3.8) is 0 Å². The predicted molar refractivity (Wildman–Crippen MR) is 71.4 cm³/mol. The molecule has 0 aromatic rings. The van der Waals surface area contributed by atoms with Crippen molar-refractivity contribution >= 4 is 5.97 Å². The number of ether oxygens (including phenoxy) is 2. The summed E-state index contributed by atoms with van der Waals surface area (Å²) in [6.45, 7) is 6.72. The maximum atomic E-state index is 11.6. The summed E-state index contributed by atoms with van der Waals surface area (Å²) in [5, 5.41) is 3.18. The lowest BCUT2D eigenvalue weighted by Crippen LogP contribution is -2.45. The van der Waals surface area contributed by atoms with Crippen molar-refractivity contribution in [2.75, 3.05) is 13.7 Å². The summed E-state index contributed by atoms with van der Waals surface area (Å²) in [6.07, 6.45) is 4.98. The van der Waals surface area contributed by atoms with E-state index < -0.39 is 0 Å². The van der Waals surface area contributed by atoms with E-state index in [0.29, 0.717) is 12.7 Å². The molecule has 4 nitrogen and oxygen atoms in total. The molecule has 1 aliphatic carbocycles. The van der Waals surface area contributed by atoms with Crippen LogP contribution in [0.2, 0.25) is 0 Å². The quantitative estimate of drug-likeness (QED) is 0.740. The second kappa shape index (κ2) is 7.74. The Morgan fingerprint density at radius 3 is 2.39 bits per heavy atom. The van der Waals surface area contributed by atoms with Gasteiger partial charge in [0.25, 0.3) is 0 Å². The Labute approximate surface area is 110 Å². The van der Waals surface area contributed by atoms with Crippen LogP contribution in [0, 0.1) is 5.92 Å². The molecule has 18 heavy (non-hydrogen) atoms. The highest BCUT2D eigenvalue weighted by molar-refractivity contribution is 5.75. The molecule has 0 heterocycles. The fraction of sp³-hybridized carbons (Fsp3) is 0.929. The van der Waals surface area contributed by atoms with Crippen LogP contribution in [0.4, 0.5) is 0 Å². The Kier molecular flexibility index (Phi) is 6.65. The van der Waals surface area contributed by atoms with Crippen molar-refractivity contribution in [1.82, 2.24) is 5.32 Å². The molecule has 1 atom stereocenters. The molecule has 0 aromatic heterocycles. The molecular formula is C14H27NO3. The molecule has 1 aliphatic rings. The highest BCUT2D eigenvalue weighted by atomic mass is 16.5. The molecule has 1 unspecified atom stereocenters. The van der Waals surface area contributed by atoms with Gasteiger partial charge in [-0.25, -0.2) is 0 Å². The van der Waals surface area contributed by atoms with Gasteiger partial charge in [-0.1, -0.05) is 20.8 Å². The van der Waals surface area contributed by atoms with Gasteiger partial charge in [0.2, 0.25) is 0 Å². The number of hydrogen-bond donors (Lipinski definition) is 1. The molecule has 0 radical (unpaired) electrons. The second-order valence-electron chi connectivity index (χ2n) is 5.61. The number of esters is 1. The van der Waals surface area contributed by atoms with Gasteiger partial charge in [0.1, 0.15) is 6.04 Å². The minimum absolute atomic E-state index is 0.240. The van der Waals surface area contributed by atoms with Crippen LogP contribution < -0.4 is 5.32 Å². The number of nitrogens with one attached hydrogen (secondary N) is 1. The molecule has 0 saturated heterocycles. The smallest absolute Gasteiger partial charge is 0.325 e. The van der Waals surface area contributed by atoms with Crippen molar-refractivity contribution in [3.05, 3.63) is 0 Å². The van der Waals surface area contributed by atoms with Crippen molar-refractivity contribution in [2.24, 2.45) is 5.92 Å². The third kappa shape index (κ3) is 5.36. The van der Waals surface area contributed by atoms with Crippen LogP contribution in [0.1, 0.15) is 46.5 Å². The first-order chi connectivity index (χ1) is 8.52. The van der Waals surface area contributed by atoms with Gasteiger partial charge in [0.05, 0.1) is 19.8 Å². The summed E-state index contributed by atoms with van der Waals surface area (Å²) in [5.41, 5.74) is 0. The molecular weight excluding hydrogens is 230 g/mol. The highest BCUT2D eigenvalue weighted by Gasteiger charge is 2.24. The van der Waals surface area contributed by atoms with Crippen LogP contribution >= 0.6 is 0 Å². The SMILES string of the molecule is COC(=O)C(COC1CCC(C)CC1)NC(C)C.